The Hall–Kier alpha value is -4.16. The first-order valence-electron chi connectivity index (χ1n) is 11.9. The molecule has 1 aromatic heterocycles. The van der Waals surface area contributed by atoms with Crippen LogP contribution in [0, 0.1) is 22.7 Å². The molecule has 2 aliphatic rings. The molecule has 5 rings (SSSR count). The fourth-order valence-corrected chi connectivity index (χ4v) is 6.55. The SMILES string of the molecule is N#CC1=C(N)N(c2nnc(SCC(=O)Nc3ccc(C#N)cc3)s2)C2=C(C(=O)CCC2)C1c1ccccc1Cl. The number of nitrogens with two attached hydrogens (primary N) is 1. The van der Waals surface area contributed by atoms with Gasteiger partial charge in [-0.05, 0) is 48.7 Å². The number of halogens is 1. The minimum Gasteiger partial charge on any atom is -0.384 e. The Kier molecular flexibility index (Phi) is 7.66. The molecule has 1 amide bonds. The van der Waals surface area contributed by atoms with Crippen LogP contribution in [0.3, 0.4) is 0 Å². The van der Waals surface area contributed by atoms with Gasteiger partial charge in [0.1, 0.15) is 5.82 Å². The molecule has 0 saturated carbocycles. The predicted octanol–water partition coefficient (Wildman–Crippen LogP) is 5.10. The van der Waals surface area contributed by atoms with E-state index in [1.54, 1.807) is 41.3 Å². The van der Waals surface area contributed by atoms with Crippen molar-refractivity contribution in [3.8, 4) is 12.1 Å². The Morgan fingerprint density at radius 3 is 2.64 bits per heavy atom. The van der Waals surface area contributed by atoms with Crippen molar-refractivity contribution >= 4 is 57.2 Å². The Balaban J connectivity index is 1.40. The van der Waals surface area contributed by atoms with Crippen LogP contribution >= 0.6 is 34.7 Å². The summed E-state index contributed by atoms with van der Waals surface area (Å²) < 4.78 is 0.531. The van der Waals surface area contributed by atoms with E-state index < -0.39 is 5.92 Å². The number of nitrogens with zero attached hydrogens (tertiary/aromatic N) is 5. The van der Waals surface area contributed by atoms with Crippen LogP contribution < -0.4 is 16.0 Å². The lowest BCUT2D eigenvalue weighted by Gasteiger charge is -2.38. The zero-order valence-electron chi connectivity index (χ0n) is 20.3. The van der Waals surface area contributed by atoms with Crippen molar-refractivity contribution in [3.05, 3.63) is 87.3 Å². The minimum absolute atomic E-state index is 0.0509. The first kappa shape index (κ1) is 26.4. The molecule has 3 aromatic rings. The summed E-state index contributed by atoms with van der Waals surface area (Å²) in [4.78, 5) is 27.3. The fourth-order valence-electron chi connectivity index (χ4n) is 4.63. The molecule has 0 fully saturated rings. The van der Waals surface area contributed by atoms with Crippen molar-refractivity contribution in [3.63, 3.8) is 0 Å². The van der Waals surface area contributed by atoms with Crippen molar-refractivity contribution < 1.29 is 9.59 Å². The molecule has 0 spiro atoms. The van der Waals surface area contributed by atoms with E-state index in [0.29, 0.717) is 61.8 Å². The summed E-state index contributed by atoms with van der Waals surface area (Å²) in [7, 11) is 0. The number of Topliss-reactive ketones (excluding diaryl/α,β-unsaturated/α-hetero) is 1. The van der Waals surface area contributed by atoms with E-state index in [9.17, 15) is 14.9 Å². The molecule has 12 heteroatoms. The van der Waals surface area contributed by atoms with Crippen molar-refractivity contribution in [1.29, 1.82) is 10.5 Å². The minimum atomic E-state index is -0.657. The number of carbonyl (C=O) groups is 2. The van der Waals surface area contributed by atoms with Gasteiger partial charge in [-0.15, -0.1) is 10.2 Å². The number of benzene rings is 2. The molecule has 2 heterocycles. The zero-order valence-corrected chi connectivity index (χ0v) is 22.7. The summed E-state index contributed by atoms with van der Waals surface area (Å²) in [6.07, 6.45) is 1.60. The van der Waals surface area contributed by atoms with Crippen LogP contribution in [-0.4, -0.2) is 27.6 Å². The van der Waals surface area contributed by atoms with Gasteiger partial charge in [0.05, 0.1) is 34.9 Å². The summed E-state index contributed by atoms with van der Waals surface area (Å²) in [6.45, 7) is 0. The fraction of sp³-hybridized carbons (Fsp3) is 0.185. The molecule has 2 aromatic carbocycles. The molecule has 194 valence electrons. The second-order valence-corrected chi connectivity index (χ2v) is 11.3. The van der Waals surface area contributed by atoms with Gasteiger partial charge in [-0.3, -0.25) is 14.5 Å². The van der Waals surface area contributed by atoms with Crippen LogP contribution in [0.5, 0.6) is 0 Å². The van der Waals surface area contributed by atoms with E-state index in [4.69, 9.17) is 22.6 Å². The van der Waals surface area contributed by atoms with Crippen LogP contribution in [-0.2, 0) is 9.59 Å². The quantitative estimate of drug-likeness (QED) is 0.384. The highest BCUT2D eigenvalue weighted by Gasteiger charge is 2.41. The van der Waals surface area contributed by atoms with Gasteiger partial charge >= 0.3 is 0 Å². The van der Waals surface area contributed by atoms with Gasteiger partial charge in [0.25, 0.3) is 0 Å². The molecule has 1 atom stereocenters. The van der Waals surface area contributed by atoms with E-state index in [1.807, 2.05) is 18.2 Å². The molecule has 1 aliphatic carbocycles. The largest absolute Gasteiger partial charge is 0.384 e. The molecule has 9 nitrogen and oxygen atoms in total. The van der Waals surface area contributed by atoms with Crippen LogP contribution in [0.25, 0.3) is 0 Å². The molecule has 39 heavy (non-hydrogen) atoms. The predicted molar refractivity (Wildman–Crippen MR) is 150 cm³/mol. The van der Waals surface area contributed by atoms with E-state index >= 15 is 0 Å². The molecular weight excluding hydrogens is 554 g/mol. The van der Waals surface area contributed by atoms with Gasteiger partial charge in [0, 0.05) is 28.4 Å². The van der Waals surface area contributed by atoms with Gasteiger partial charge in [-0.2, -0.15) is 10.5 Å². The second-order valence-electron chi connectivity index (χ2n) is 8.71. The second kappa shape index (κ2) is 11.3. The topological polar surface area (TPSA) is 149 Å². The van der Waals surface area contributed by atoms with Crippen LogP contribution in [0.4, 0.5) is 10.8 Å². The number of carbonyl (C=O) groups excluding carboxylic acids is 2. The third-order valence-corrected chi connectivity index (χ3v) is 8.73. The highest BCUT2D eigenvalue weighted by atomic mass is 35.5. The van der Waals surface area contributed by atoms with Gasteiger partial charge < -0.3 is 11.1 Å². The zero-order chi connectivity index (χ0) is 27.5. The third-order valence-electron chi connectivity index (χ3n) is 6.34. The van der Waals surface area contributed by atoms with Crippen molar-refractivity contribution in [1.82, 2.24) is 10.2 Å². The molecule has 0 bridgehead atoms. The molecule has 0 saturated heterocycles. The van der Waals surface area contributed by atoms with E-state index in [-0.39, 0.29) is 28.8 Å². The number of nitriles is 2. The number of nitrogens with one attached hydrogen (secondary N) is 1. The number of thioether (sulfide) groups is 1. The summed E-state index contributed by atoms with van der Waals surface area (Å²) >= 11 is 8.93. The van der Waals surface area contributed by atoms with E-state index in [0.717, 1.165) is 0 Å². The summed E-state index contributed by atoms with van der Waals surface area (Å²) in [5, 5.41) is 31.2. The lowest BCUT2D eigenvalue weighted by atomic mass is 9.76. The smallest absolute Gasteiger partial charge is 0.234 e. The maximum absolute atomic E-state index is 13.2. The van der Waals surface area contributed by atoms with Gasteiger partial charge in [0.15, 0.2) is 10.1 Å². The number of rotatable bonds is 6. The highest BCUT2D eigenvalue weighted by Crippen LogP contribution is 2.48. The lowest BCUT2D eigenvalue weighted by molar-refractivity contribution is -0.116. The van der Waals surface area contributed by atoms with Crippen molar-refractivity contribution in [2.24, 2.45) is 5.73 Å². The van der Waals surface area contributed by atoms with Crippen LogP contribution in [0.2, 0.25) is 5.02 Å². The Morgan fingerprint density at radius 2 is 1.92 bits per heavy atom. The van der Waals surface area contributed by atoms with Gasteiger partial charge in [-0.25, -0.2) is 0 Å². The summed E-state index contributed by atoms with van der Waals surface area (Å²) in [5.74, 6) is -0.677. The van der Waals surface area contributed by atoms with Gasteiger partial charge in [0.2, 0.25) is 11.0 Å². The Bertz CT molecular complexity index is 1620. The third kappa shape index (κ3) is 5.25. The lowest BCUT2D eigenvalue weighted by Crippen LogP contribution is -2.38. The number of hydrogen-bond donors (Lipinski definition) is 2. The highest BCUT2D eigenvalue weighted by molar-refractivity contribution is 8.01. The first-order chi connectivity index (χ1) is 18.9. The molecular formula is C27H20ClN7O2S2. The standard InChI is InChI=1S/C27H20ClN7O2S2/c28-19-5-2-1-4-17(19)23-18(13-30)25(31)35(20-6-3-7-21(36)24(20)23)26-33-34-27(39-26)38-14-22(37)32-16-10-8-15(12-29)9-11-16/h1-2,4-5,8-11,23H,3,6-7,14,31H2,(H,32,37). The first-order valence-corrected chi connectivity index (χ1v) is 14.1. The number of ketones is 1. The van der Waals surface area contributed by atoms with Crippen LogP contribution in [0.1, 0.15) is 36.3 Å². The van der Waals surface area contributed by atoms with Crippen molar-refractivity contribution in [2.75, 3.05) is 16.0 Å². The Morgan fingerprint density at radius 1 is 1.15 bits per heavy atom. The normalized spacial score (nSPS) is 16.9. The summed E-state index contributed by atoms with van der Waals surface area (Å²) in [6, 6.07) is 18.0. The average molecular weight is 574 g/mol. The molecule has 3 N–H and O–H groups in total. The number of allylic oxidation sites excluding steroid dienone is 3. The number of anilines is 2. The maximum atomic E-state index is 13.2. The average Bonchev–Trinajstić information content (AvgIpc) is 3.41. The maximum Gasteiger partial charge on any atom is 0.234 e. The molecule has 1 aliphatic heterocycles. The molecule has 0 radical (unpaired) electrons. The van der Waals surface area contributed by atoms with Crippen molar-refractivity contribution in [2.45, 2.75) is 29.5 Å². The Labute approximate surface area is 237 Å². The molecule has 1 unspecified atom stereocenters. The van der Waals surface area contributed by atoms with Crippen LogP contribution in [0.15, 0.2) is 75.5 Å². The monoisotopic (exact) mass is 573 g/mol. The summed E-state index contributed by atoms with van der Waals surface area (Å²) in [5.41, 5.74) is 9.75. The van der Waals surface area contributed by atoms with E-state index in [2.05, 4.69) is 21.6 Å². The number of aromatic nitrogens is 2. The number of amides is 1. The van der Waals surface area contributed by atoms with E-state index in [1.165, 1.54) is 23.1 Å². The van der Waals surface area contributed by atoms with Gasteiger partial charge in [-0.1, -0.05) is 52.9 Å². The number of hydrogen-bond acceptors (Lipinski definition) is 10.